The summed E-state index contributed by atoms with van der Waals surface area (Å²) in [6, 6.07) is 10.7. The Hall–Kier alpha value is -3.18. The maximum absolute atomic E-state index is 13.9. The Kier molecular flexibility index (Phi) is 8.77. The number of halogens is 3. The van der Waals surface area contributed by atoms with Gasteiger partial charge in [0.1, 0.15) is 0 Å². The highest BCUT2D eigenvalue weighted by Gasteiger charge is 2.56. The number of aliphatic hydroxyl groups is 1. The average Bonchev–Trinajstić information content (AvgIpc) is 3.45. The summed E-state index contributed by atoms with van der Waals surface area (Å²) < 4.78 is 40.5. The van der Waals surface area contributed by atoms with Crippen LogP contribution in [0, 0.1) is 11.3 Å². The van der Waals surface area contributed by atoms with Crippen molar-refractivity contribution in [3.63, 3.8) is 0 Å². The lowest BCUT2D eigenvalue weighted by molar-refractivity contribution is -0.172. The average molecular weight is 603 g/mol. The first-order valence-electron chi connectivity index (χ1n) is 15.2. The number of hydrogen-bond acceptors (Lipinski definition) is 5. The number of carbonyl (C=O) groups excluding carboxylic acids is 2. The van der Waals surface area contributed by atoms with Gasteiger partial charge >= 0.3 is 6.18 Å². The summed E-state index contributed by atoms with van der Waals surface area (Å²) in [5.41, 5.74) is -0.819. The van der Waals surface area contributed by atoms with Crippen LogP contribution in [0.4, 0.5) is 13.2 Å². The van der Waals surface area contributed by atoms with E-state index in [1.807, 2.05) is 37.4 Å². The highest BCUT2D eigenvalue weighted by Crippen LogP contribution is 2.52. The van der Waals surface area contributed by atoms with Crippen molar-refractivity contribution in [1.29, 1.82) is 0 Å². The van der Waals surface area contributed by atoms with E-state index in [0.29, 0.717) is 37.1 Å². The fraction of sp³-hybridized carbons (Fsp3) is 0.594. The molecule has 43 heavy (non-hydrogen) atoms. The third-order valence-corrected chi connectivity index (χ3v) is 9.77. The van der Waals surface area contributed by atoms with Gasteiger partial charge in [0.05, 0.1) is 24.1 Å². The lowest BCUT2D eigenvalue weighted by Gasteiger charge is -2.52. The van der Waals surface area contributed by atoms with Crippen LogP contribution in [0.15, 0.2) is 47.4 Å². The van der Waals surface area contributed by atoms with E-state index >= 15 is 0 Å². The van der Waals surface area contributed by atoms with Crippen LogP contribution in [-0.4, -0.2) is 94.3 Å². The van der Waals surface area contributed by atoms with Gasteiger partial charge in [-0.3, -0.25) is 14.4 Å². The first-order valence-corrected chi connectivity index (χ1v) is 15.2. The molecule has 1 saturated carbocycles. The molecular weight excluding hydrogens is 561 g/mol. The fourth-order valence-corrected chi connectivity index (χ4v) is 7.22. The lowest BCUT2D eigenvalue weighted by Crippen LogP contribution is -2.62. The molecule has 11 heteroatoms. The normalized spacial score (nSPS) is 23.5. The Balaban J connectivity index is 1.46. The number of carbonyl (C=O) groups is 2. The molecule has 1 aromatic heterocycles. The monoisotopic (exact) mass is 602 g/mol. The van der Waals surface area contributed by atoms with Crippen molar-refractivity contribution in [2.45, 2.75) is 63.8 Å². The van der Waals surface area contributed by atoms with Gasteiger partial charge in [0.15, 0.2) is 0 Å². The van der Waals surface area contributed by atoms with Gasteiger partial charge in [0, 0.05) is 68.4 Å². The lowest BCUT2D eigenvalue weighted by atomic mass is 9.65. The van der Waals surface area contributed by atoms with E-state index in [2.05, 4.69) is 4.90 Å². The molecule has 1 aromatic carbocycles. The molecule has 3 aliphatic rings. The quantitative estimate of drug-likeness (QED) is 0.540. The SMILES string of the molecule is C[C@H](CC(F)(F)F)C(=O)N1CCC(O)(Cn2cc(C(=O)N3CCN(C)CC3)c(-c3ccccc3)cc2=O)C2(CCCC2)C1. The molecule has 2 saturated heterocycles. The molecule has 1 N–H and O–H groups in total. The third kappa shape index (κ3) is 6.52. The van der Waals surface area contributed by atoms with Gasteiger partial charge < -0.3 is 24.4 Å². The Bertz CT molecular complexity index is 1380. The zero-order valence-electron chi connectivity index (χ0n) is 24.9. The topological polar surface area (TPSA) is 86.1 Å². The van der Waals surface area contributed by atoms with Crippen LogP contribution >= 0.6 is 0 Å². The molecule has 2 atom stereocenters. The largest absolute Gasteiger partial charge is 0.389 e. The second-order valence-electron chi connectivity index (χ2n) is 12.8. The standard InChI is InChI=1S/C32H41F3N4O4/c1-23(19-32(33,34)35)28(41)38-13-12-31(43,30(21-38)10-6-7-11-30)22-39-20-26(29(42)37-16-14-36(2)15-17-37)25(18-27(39)40)24-8-4-3-5-9-24/h3-5,8-9,18,20,23,43H,6-7,10-17,19,21-22H2,1-2H3/t23-,31?/m1/s1. The molecule has 2 aliphatic heterocycles. The second-order valence-corrected chi connectivity index (χ2v) is 12.8. The minimum absolute atomic E-state index is 0.0654. The number of nitrogens with zero attached hydrogens (tertiary/aromatic N) is 4. The van der Waals surface area contributed by atoms with Crippen LogP contribution in [-0.2, 0) is 11.3 Å². The summed E-state index contributed by atoms with van der Waals surface area (Å²) in [6.45, 7) is 4.08. The number of piperidine rings is 1. The molecule has 3 fully saturated rings. The van der Waals surface area contributed by atoms with Crippen LogP contribution in [0.3, 0.4) is 0 Å². The minimum Gasteiger partial charge on any atom is -0.387 e. The number of amides is 2. The van der Waals surface area contributed by atoms with Gasteiger partial charge in [-0.25, -0.2) is 0 Å². The maximum Gasteiger partial charge on any atom is 0.389 e. The Morgan fingerprint density at radius 3 is 2.26 bits per heavy atom. The predicted octanol–water partition coefficient (Wildman–Crippen LogP) is 4.02. The summed E-state index contributed by atoms with van der Waals surface area (Å²) in [4.78, 5) is 45.9. The van der Waals surface area contributed by atoms with E-state index in [0.717, 1.165) is 31.5 Å². The number of rotatable bonds is 6. The zero-order chi connectivity index (χ0) is 31.0. The first kappa shape index (κ1) is 31.3. The van der Waals surface area contributed by atoms with Crippen molar-refractivity contribution in [2.75, 3.05) is 46.3 Å². The van der Waals surface area contributed by atoms with E-state index in [1.54, 1.807) is 11.1 Å². The molecule has 1 spiro atoms. The first-order chi connectivity index (χ1) is 20.3. The van der Waals surface area contributed by atoms with Crippen LogP contribution < -0.4 is 5.56 Å². The summed E-state index contributed by atoms with van der Waals surface area (Å²) >= 11 is 0. The van der Waals surface area contributed by atoms with Crippen LogP contribution in [0.1, 0.15) is 55.8 Å². The van der Waals surface area contributed by atoms with E-state index in [1.165, 1.54) is 22.5 Å². The zero-order valence-corrected chi connectivity index (χ0v) is 24.9. The van der Waals surface area contributed by atoms with E-state index in [-0.39, 0.29) is 37.5 Å². The molecule has 2 amide bonds. The molecule has 0 radical (unpaired) electrons. The summed E-state index contributed by atoms with van der Waals surface area (Å²) in [6.07, 6.45) is -1.10. The highest BCUT2D eigenvalue weighted by atomic mass is 19.4. The molecule has 2 aromatic rings. The van der Waals surface area contributed by atoms with Crippen molar-refractivity contribution in [2.24, 2.45) is 11.3 Å². The number of alkyl halides is 3. The number of pyridine rings is 1. The molecule has 3 heterocycles. The Labute approximate surface area is 250 Å². The van der Waals surface area contributed by atoms with Gasteiger partial charge in [-0.05, 0) is 31.9 Å². The van der Waals surface area contributed by atoms with Crippen molar-refractivity contribution in [3.8, 4) is 11.1 Å². The number of hydrogen-bond donors (Lipinski definition) is 1. The molecule has 0 bridgehead atoms. The Morgan fingerprint density at radius 1 is 0.977 bits per heavy atom. The van der Waals surface area contributed by atoms with Gasteiger partial charge in [-0.15, -0.1) is 0 Å². The number of benzene rings is 1. The maximum atomic E-state index is 13.9. The molecule has 1 aliphatic carbocycles. The molecule has 1 unspecified atom stereocenters. The van der Waals surface area contributed by atoms with Gasteiger partial charge in [0.25, 0.3) is 11.5 Å². The summed E-state index contributed by atoms with van der Waals surface area (Å²) in [5.74, 6) is -1.95. The fourth-order valence-electron chi connectivity index (χ4n) is 7.22. The smallest absolute Gasteiger partial charge is 0.387 e. The van der Waals surface area contributed by atoms with E-state index in [4.69, 9.17) is 0 Å². The van der Waals surface area contributed by atoms with Gasteiger partial charge in [0.2, 0.25) is 5.91 Å². The van der Waals surface area contributed by atoms with Gasteiger partial charge in [-0.2, -0.15) is 13.2 Å². The minimum atomic E-state index is -4.44. The van der Waals surface area contributed by atoms with Crippen molar-refractivity contribution in [3.05, 3.63) is 58.5 Å². The molecule has 234 valence electrons. The summed E-state index contributed by atoms with van der Waals surface area (Å²) in [5, 5.41) is 12.2. The van der Waals surface area contributed by atoms with Crippen LogP contribution in [0.5, 0.6) is 0 Å². The molecule has 5 rings (SSSR count). The number of piperazine rings is 1. The van der Waals surface area contributed by atoms with Crippen molar-refractivity contribution < 1.29 is 27.9 Å². The van der Waals surface area contributed by atoms with Crippen molar-refractivity contribution in [1.82, 2.24) is 19.3 Å². The highest BCUT2D eigenvalue weighted by molar-refractivity contribution is 6.00. The third-order valence-electron chi connectivity index (χ3n) is 9.77. The number of likely N-dealkylation sites (tertiary alicyclic amines) is 1. The van der Waals surface area contributed by atoms with E-state index in [9.17, 15) is 32.7 Å². The molecule has 8 nitrogen and oxygen atoms in total. The van der Waals surface area contributed by atoms with Gasteiger partial charge in [-0.1, -0.05) is 50.1 Å². The number of likely N-dealkylation sites (N-methyl/N-ethyl adjacent to an activating group) is 1. The Morgan fingerprint density at radius 2 is 1.63 bits per heavy atom. The number of aromatic nitrogens is 1. The van der Waals surface area contributed by atoms with E-state index < -0.39 is 35.4 Å². The van der Waals surface area contributed by atoms with Crippen LogP contribution in [0.2, 0.25) is 0 Å². The van der Waals surface area contributed by atoms with Crippen LogP contribution in [0.25, 0.3) is 11.1 Å². The second kappa shape index (κ2) is 12.1. The predicted molar refractivity (Wildman–Crippen MR) is 156 cm³/mol. The summed E-state index contributed by atoms with van der Waals surface area (Å²) in [7, 11) is 2.01. The van der Waals surface area contributed by atoms with Crippen molar-refractivity contribution >= 4 is 11.8 Å². The molecular formula is C32H41F3N4O4.